The topological polar surface area (TPSA) is 12.5 Å². The molecule has 1 aromatic rings. The summed E-state index contributed by atoms with van der Waals surface area (Å²) < 4.78 is 19.2. The van der Waals surface area contributed by atoms with Gasteiger partial charge in [0.2, 0.25) is 0 Å². The molecule has 0 aliphatic carbocycles. The SMILES string of the molecule is CC1COC(CBr)CN1Cc1ccccc1F. The van der Waals surface area contributed by atoms with Crippen molar-refractivity contribution in [3.05, 3.63) is 35.6 Å². The summed E-state index contributed by atoms with van der Waals surface area (Å²) in [7, 11) is 0. The summed E-state index contributed by atoms with van der Waals surface area (Å²) >= 11 is 3.43. The van der Waals surface area contributed by atoms with Gasteiger partial charge in [0.15, 0.2) is 0 Å². The van der Waals surface area contributed by atoms with Crippen molar-refractivity contribution >= 4 is 15.9 Å². The fraction of sp³-hybridized carbons (Fsp3) is 0.538. The van der Waals surface area contributed by atoms with E-state index in [0.29, 0.717) is 19.2 Å². The van der Waals surface area contributed by atoms with Crippen molar-refractivity contribution in [3.63, 3.8) is 0 Å². The summed E-state index contributed by atoms with van der Waals surface area (Å²) in [5.41, 5.74) is 0.759. The third kappa shape index (κ3) is 3.27. The van der Waals surface area contributed by atoms with Gasteiger partial charge in [-0.05, 0) is 13.0 Å². The van der Waals surface area contributed by atoms with Crippen LogP contribution >= 0.6 is 15.9 Å². The fourth-order valence-corrected chi connectivity index (χ4v) is 2.43. The van der Waals surface area contributed by atoms with Crippen molar-refractivity contribution in [2.45, 2.75) is 25.6 Å². The number of nitrogens with zero attached hydrogens (tertiary/aromatic N) is 1. The Hall–Kier alpha value is -0.450. The summed E-state index contributed by atoms with van der Waals surface area (Å²) in [6.07, 6.45) is 0.206. The molecule has 2 rings (SSSR count). The molecule has 0 amide bonds. The Morgan fingerprint density at radius 1 is 1.47 bits per heavy atom. The quantitative estimate of drug-likeness (QED) is 0.796. The zero-order chi connectivity index (χ0) is 12.3. The van der Waals surface area contributed by atoms with Crippen molar-refractivity contribution in [2.75, 3.05) is 18.5 Å². The van der Waals surface area contributed by atoms with Crippen LogP contribution in [-0.4, -0.2) is 35.5 Å². The van der Waals surface area contributed by atoms with Crippen LogP contribution in [0.4, 0.5) is 4.39 Å². The van der Waals surface area contributed by atoms with E-state index in [-0.39, 0.29) is 11.9 Å². The van der Waals surface area contributed by atoms with Gasteiger partial charge in [-0.2, -0.15) is 0 Å². The monoisotopic (exact) mass is 301 g/mol. The summed E-state index contributed by atoms with van der Waals surface area (Å²) in [4.78, 5) is 2.27. The van der Waals surface area contributed by atoms with E-state index in [1.54, 1.807) is 6.07 Å². The first-order valence-corrected chi connectivity index (χ1v) is 6.98. The third-order valence-electron chi connectivity index (χ3n) is 3.14. The van der Waals surface area contributed by atoms with E-state index in [0.717, 1.165) is 17.4 Å². The maximum atomic E-state index is 13.6. The second-order valence-corrected chi connectivity index (χ2v) is 5.13. The van der Waals surface area contributed by atoms with Gasteiger partial charge in [-0.15, -0.1) is 0 Å². The van der Waals surface area contributed by atoms with Crippen LogP contribution in [0.25, 0.3) is 0 Å². The van der Waals surface area contributed by atoms with E-state index >= 15 is 0 Å². The molecular formula is C13H17BrFNO. The van der Waals surface area contributed by atoms with Crippen LogP contribution < -0.4 is 0 Å². The minimum absolute atomic E-state index is 0.124. The van der Waals surface area contributed by atoms with Crippen molar-refractivity contribution < 1.29 is 9.13 Å². The minimum Gasteiger partial charge on any atom is -0.374 e. The molecule has 0 bridgehead atoms. The average molecular weight is 302 g/mol. The normalized spacial score (nSPS) is 26.1. The minimum atomic E-state index is -0.124. The first kappa shape index (κ1) is 13.0. The van der Waals surface area contributed by atoms with Crippen LogP contribution in [0.15, 0.2) is 24.3 Å². The van der Waals surface area contributed by atoms with Crippen molar-refractivity contribution in [1.29, 1.82) is 0 Å². The zero-order valence-electron chi connectivity index (χ0n) is 9.90. The van der Waals surface area contributed by atoms with E-state index in [1.165, 1.54) is 6.07 Å². The van der Waals surface area contributed by atoms with Crippen molar-refractivity contribution in [3.8, 4) is 0 Å². The molecule has 1 aromatic carbocycles. The molecule has 17 heavy (non-hydrogen) atoms. The maximum absolute atomic E-state index is 13.6. The van der Waals surface area contributed by atoms with Crippen LogP contribution in [0.3, 0.4) is 0 Å². The molecule has 1 saturated heterocycles. The molecule has 0 spiro atoms. The molecule has 2 nitrogen and oxygen atoms in total. The standard InChI is InChI=1S/C13H17BrFNO/c1-10-9-17-12(6-14)8-16(10)7-11-4-2-3-5-13(11)15/h2-5,10,12H,6-9H2,1H3. The number of hydrogen-bond acceptors (Lipinski definition) is 2. The smallest absolute Gasteiger partial charge is 0.127 e. The Morgan fingerprint density at radius 3 is 2.94 bits per heavy atom. The molecule has 1 fully saturated rings. The van der Waals surface area contributed by atoms with Crippen LogP contribution in [-0.2, 0) is 11.3 Å². The lowest BCUT2D eigenvalue weighted by molar-refractivity contribution is -0.0502. The molecule has 0 N–H and O–H groups in total. The fourth-order valence-electron chi connectivity index (χ4n) is 2.03. The summed E-state index contributed by atoms with van der Waals surface area (Å²) in [6.45, 7) is 4.33. The summed E-state index contributed by atoms with van der Waals surface area (Å²) in [5.74, 6) is -0.124. The Balaban J connectivity index is 2.04. The zero-order valence-corrected chi connectivity index (χ0v) is 11.5. The van der Waals surface area contributed by atoms with Gasteiger partial charge in [-0.3, -0.25) is 4.90 Å². The van der Waals surface area contributed by atoms with Crippen molar-refractivity contribution in [2.24, 2.45) is 0 Å². The Labute approximate surface area is 110 Å². The highest BCUT2D eigenvalue weighted by atomic mass is 79.9. The van der Waals surface area contributed by atoms with Gasteiger partial charge in [0.1, 0.15) is 5.82 Å². The van der Waals surface area contributed by atoms with Crippen molar-refractivity contribution in [1.82, 2.24) is 4.90 Å². The maximum Gasteiger partial charge on any atom is 0.127 e. The molecule has 1 heterocycles. The Morgan fingerprint density at radius 2 is 2.24 bits per heavy atom. The second kappa shape index (κ2) is 5.94. The first-order valence-electron chi connectivity index (χ1n) is 5.85. The number of benzene rings is 1. The van der Waals surface area contributed by atoms with Crippen LogP contribution in [0.5, 0.6) is 0 Å². The molecule has 1 aliphatic rings. The number of hydrogen-bond donors (Lipinski definition) is 0. The van der Waals surface area contributed by atoms with E-state index in [9.17, 15) is 4.39 Å². The molecule has 0 aromatic heterocycles. The summed E-state index contributed by atoms with van der Waals surface area (Å²) in [5, 5.41) is 0.827. The average Bonchev–Trinajstić information content (AvgIpc) is 2.35. The molecule has 1 aliphatic heterocycles. The van der Waals surface area contributed by atoms with Gasteiger partial charge in [0.05, 0.1) is 12.7 Å². The lowest BCUT2D eigenvalue weighted by Crippen LogP contribution is -2.48. The number of halogens is 2. The molecule has 2 unspecified atom stereocenters. The predicted molar refractivity (Wildman–Crippen MR) is 69.8 cm³/mol. The van der Waals surface area contributed by atoms with Gasteiger partial charge in [0, 0.05) is 30.0 Å². The molecule has 0 saturated carbocycles. The predicted octanol–water partition coefficient (Wildman–Crippen LogP) is 2.81. The highest BCUT2D eigenvalue weighted by molar-refractivity contribution is 9.09. The Bertz CT molecular complexity index is 374. The van der Waals surface area contributed by atoms with E-state index < -0.39 is 0 Å². The number of ether oxygens (including phenoxy) is 1. The number of rotatable bonds is 3. The van der Waals surface area contributed by atoms with Crippen LogP contribution in [0, 0.1) is 5.82 Å². The molecule has 2 atom stereocenters. The lowest BCUT2D eigenvalue weighted by Gasteiger charge is -2.37. The molecule has 0 radical (unpaired) electrons. The van der Waals surface area contributed by atoms with Crippen LogP contribution in [0.1, 0.15) is 12.5 Å². The van der Waals surface area contributed by atoms with Gasteiger partial charge >= 0.3 is 0 Å². The van der Waals surface area contributed by atoms with E-state index in [4.69, 9.17) is 4.74 Å². The van der Waals surface area contributed by atoms with Gasteiger partial charge in [-0.1, -0.05) is 34.1 Å². The van der Waals surface area contributed by atoms with Gasteiger partial charge < -0.3 is 4.74 Å². The Kier molecular flexibility index (Phi) is 4.54. The van der Waals surface area contributed by atoms with Crippen LogP contribution in [0.2, 0.25) is 0 Å². The second-order valence-electron chi connectivity index (χ2n) is 4.48. The molecule has 4 heteroatoms. The van der Waals surface area contributed by atoms with E-state index in [1.807, 2.05) is 12.1 Å². The molecular weight excluding hydrogens is 285 g/mol. The lowest BCUT2D eigenvalue weighted by atomic mass is 10.1. The molecule has 94 valence electrons. The van der Waals surface area contributed by atoms with Gasteiger partial charge in [0.25, 0.3) is 0 Å². The summed E-state index contributed by atoms with van der Waals surface area (Å²) in [6, 6.07) is 7.31. The number of alkyl halides is 1. The highest BCUT2D eigenvalue weighted by Gasteiger charge is 2.25. The highest BCUT2D eigenvalue weighted by Crippen LogP contribution is 2.18. The van der Waals surface area contributed by atoms with Gasteiger partial charge in [-0.25, -0.2) is 4.39 Å². The number of morpholine rings is 1. The van der Waals surface area contributed by atoms with E-state index in [2.05, 4.69) is 27.8 Å². The third-order valence-corrected chi connectivity index (χ3v) is 3.86. The first-order chi connectivity index (χ1) is 8.20. The largest absolute Gasteiger partial charge is 0.374 e.